The zero-order valence-electron chi connectivity index (χ0n) is 78.3. The molecule has 0 radical (unpaired) electrons. The Morgan fingerprint density at radius 3 is 0.617 bits per heavy atom. The molecule has 0 spiro atoms. The smallest absolute Gasteiger partial charge is 0.306 e. The maximum absolute atomic E-state index is 12.3. The van der Waals surface area contributed by atoms with Crippen LogP contribution < -0.4 is 60.8 Å². The predicted octanol–water partition coefficient (Wildman–Crippen LogP) is 15.0. The van der Waals surface area contributed by atoms with E-state index in [1.54, 1.807) is 75.5 Å². The lowest BCUT2D eigenvalue weighted by Gasteiger charge is -2.23. The summed E-state index contributed by atoms with van der Waals surface area (Å²) in [5, 5.41) is -0.209. The van der Waals surface area contributed by atoms with E-state index in [1.165, 1.54) is 22.3 Å². The number of para-hydroxylation sites is 4. The minimum atomic E-state index is -0.349. The molecule has 8 atom stereocenters. The Morgan fingerprint density at radius 2 is 0.453 bits per heavy atom. The van der Waals surface area contributed by atoms with Crippen LogP contribution in [0.1, 0.15) is 95.9 Å². The third-order valence-corrected chi connectivity index (χ3v) is 23.5. The minimum absolute atomic E-state index is 0.0522. The average molecular weight is 1840 g/mol. The third-order valence-electron chi connectivity index (χ3n) is 20.2. The van der Waals surface area contributed by atoms with Crippen molar-refractivity contribution in [1.29, 1.82) is 0 Å². The molecule has 128 heavy (non-hydrogen) atoms. The third kappa shape index (κ3) is 47.1. The van der Waals surface area contributed by atoms with Crippen molar-refractivity contribution in [3.05, 3.63) is 239 Å². The fourth-order valence-corrected chi connectivity index (χ4v) is 14.5. The zero-order chi connectivity index (χ0) is 93.4. The molecule has 0 saturated heterocycles. The minimum Gasteiger partial charge on any atom is -0.497 e. The number of hydrogen-bond acceptors (Lipinski definition) is 28. The van der Waals surface area contributed by atoms with Crippen LogP contribution in [-0.2, 0) is 89.5 Å². The number of benzene rings is 8. The Morgan fingerprint density at radius 1 is 0.273 bits per heavy atom. The summed E-state index contributed by atoms with van der Waals surface area (Å²) in [5.74, 6) is 5.77. The van der Waals surface area contributed by atoms with Crippen molar-refractivity contribution in [3.8, 4) is 46.0 Å². The van der Waals surface area contributed by atoms with Crippen molar-refractivity contribution >= 4 is 70.9 Å². The topological polar surface area (TPSA) is 296 Å². The maximum atomic E-state index is 12.3. The number of rotatable bonds is 56. The van der Waals surface area contributed by atoms with Gasteiger partial charge in [0.25, 0.3) is 0 Å². The van der Waals surface area contributed by atoms with Gasteiger partial charge >= 0.3 is 23.9 Å². The van der Waals surface area contributed by atoms with Crippen molar-refractivity contribution in [1.82, 2.24) is 19.6 Å². The first-order chi connectivity index (χ1) is 61.6. The number of ether oxygens (including phenoxy) is 12. The molecule has 0 aliphatic heterocycles. The highest BCUT2D eigenvalue weighted by molar-refractivity contribution is 7.99. The van der Waals surface area contributed by atoms with Gasteiger partial charge in [-0.1, -0.05) is 121 Å². The molecule has 0 saturated carbocycles. The molecule has 2 unspecified atom stereocenters. The van der Waals surface area contributed by atoms with Crippen molar-refractivity contribution in [3.63, 3.8) is 0 Å². The Labute approximate surface area is 780 Å². The molecule has 0 fully saturated rings. The van der Waals surface area contributed by atoms with E-state index in [9.17, 15) is 19.2 Å². The zero-order valence-corrected chi connectivity index (χ0v) is 81.6. The van der Waals surface area contributed by atoms with Gasteiger partial charge in [-0.3, -0.25) is 19.2 Å². The van der Waals surface area contributed by atoms with Crippen LogP contribution in [0.4, 0.5) is 0 Å². The molecule has 704 valence electrons. The molecule has 0 amide bonds. The van der Waals surface area contributed by atoms with Crippen LogP contribution in [0.3, 0.4) is 0 Å². The fraction of sp³-hybridized carbons (Fsp3) is 0.480. The van der Waals surface area contributed by atoms with Gasteiger partial charge in [-0.05, 0) is 276 Å². The number of nitrogens with zero attached hydrogens (tertiary/aromatic N) is 4. The second-order valence-corrected chi connectivity index (χ2v) is 36.1. The maximum Gasteiger partial charge on any atom is 0.306 e. The SMILES string of the molecule is COc1ccc(CCc2ccccc2OCC(CN(C)C)OC(=O)CCC(N)SC)cc1.COc1ccc(CCc2ccccc2OC[C@@H](CN(C)C)OC(=O)CC[C@@H](N)SC)cc1.COc1ccc(CCc2ccccc2OC[C@@H](CN(C)C)OC(=O)CC[C@H](N)SC)cc1.COc1ccc(CCc2ccccc2OC[C@H](CN(C)C)OC(=O)CC[C@H](N)SC)cc1. The van der Waals surface area contributed by atoms with Gasteiger partial charge in [-0.15, -0.1) is 47.0 Å². The molecule has 0 bridgehead atoms. The number of nitrogens with two attached hydrogens (primary N) is 4. The average Bonchev–Trinajstić information content (AvgIpc) is 0.877. The molecular weight excluding hydrogens is 1700 g/mol. The normalized spacial score (nSPS) is 12.9. The highest BCUT2D eigenvalue weighted by atomic mass is 32.2. The van der Waals surface area contributed by atoms with Crippen molar-refractivity contribution in [2.24, 2.45) is 22.9 Å². The lowest BCUT2D eigenvalue weighted by atomic mass is 10.0. The van der Waals surface area contributed by atoms with Gasteiger partial charge in [-0.2, -0.15) is 0 Å². The molecule has 8 aromatic carbocycles. The van der Waals surface area contributed by atoms with E-state index in [2.05, 4.69) is 72.8 Å². The van der Waals surface area contributed by atoms with Gasteiger partial charge in [0, 0.05) is 51.9 Å². The summed E-state index contributed by atoms with van der Waals surface area (Å²) in [6.07, 6.45) is 17.0. The van der Waals surface area contributed by atoms with Gasteiger partial charge in [0.15, 0.2) is 0 Å². The van der Waals surface area contributed by atoms with Crippen LogP contribution in [0, 0.1) is 0 Å². The molecule has 0 aliphatic carbocycles. The molecule has 8 rings (SSSR count). The van der Waals surface area contributed by atoms with E-state index < -0.39 is 0 Å². The fourth-order valence-electron chi connectivity index (χ4n) is 13.0. The summed E-state index contributed by atoms with van der Waals surface area (Å²) in [6.45, 7) is 3.58. The molecule has 8 aromatic rings. The van der Waals surface area contributed by atoms with Crippen molar-refractivity contribution < 1.29 is 76.0 Å². The van der Waals surface area contributed by atoms with E-state index in [4.69, 9.17) is 79.8 Å². The summed E-state index contributed by atoms with van der Waals surface area (Å²) in [6, 6.07) is 64.6. The van der Waals surface area contributed by atoms with Gasteiger partial charge in [0.05, 0.1) is 49.9 Å². The van der Waals surface area contributed by atoms with Gasteiger partial charge in [0.1, 0.15) is 96.8 Å². The lowest BCUT2D eigenvalue weighted by Crippen LogP contribution is -2.35. The Bertz CT molecular complexity index is 3800. The Kier molecular flexibility index (Phi) is 54.8. The molecule has 8 N–H and O–H groups in total. The number of likely N-dealkylation sites (N-methyl/N-ethyl adjacent to an activating group) is 4. The summed E-state index contributed by atoms with van der Waals surface area (Å²) < 4.78 is 68.1. The molecule has 24 nitrogen and oxygen atoms in total. The highest BCUT2D eigenvalue weighted by Gasteiger charge is 2.24. The monoisotopic (exact) mass is 1840 g/mol. The van der Waals surface area contributed by atoms with E-state index >= 15 is 0 Å². The first-order valence-electron chi connectivity index (χ1n) is 43.5. The number of thioether (sulfide) groups is 4. The van der Waals surface area contributed by atoms with Crippen LogP contribution in [0.2, 0.25) is 0 Å². The number of hydrogen-bond donors (Lipinski definition) is 4. The van der Waals surface area contributed by atoms with Gasteiger partial charge in [-0.25, -0.2) is 0 Å². The van der Waals surface area contributed by atoms with E-state index in [0.717, 1.165) is 120 Å². The van der Waals surface area contributed by atoms with Gasteiger partial charge < -0.3 is 99.4 Å². The van der Waals surface area contributed by atoms with E-state index in [-0.39, 0.29) is 69.8 Å². The standard InChI is InChI=1S/4C25H36N2O4S/c4*1-27(2)17-22(31-25(28)16-15-24(26)32-4)18-30-23-8-6-5-7-20(23)12-9-19-10-13-21(29-3)14-11-19/h4*5-8,10-11,13-14,22,24H,9,12,15-18,26H2,1-4H3/t2*22-,24+;22-,24-;/m101./s1. The second-order valence-electron chi connectivity index (χ2n) is 31.8. The van der Waals surface area contributed by atoms with Crippen LogP contribution >= 0.6 is 47.0 Å². The van der Waals surface area contributed by atoms with Crippen LogP contribution in [0.25, 0.3) is 0 Å². The number of methoxy groups -OCH3 is 4. The van der Waals surface area contributed by atoms with E-state index in [0.29, 0.717) is 104 Å². The van der Waals surface area contributed by atoms with Gasteiger partial charge in [0.2, 0.25) is 0 Å². The second kappa shape index (κ2) is 64.0. The van der Waals surface area contributed by atoms with Crippen LogP contribution in [-0.4, -0.2) is 252 Å². The first kappa shape index (κ1) is 110. The largest absolute Gasteiger partial charge is 0.497 e. The molecule has 28 heteroatoms. The molecular formula is C100H144N8O16S4. The molecule has 0 aliphatic rings. The number of aryl methyl sites for hydroxylation is 8. The number of esters is 4. The Hall–Kier alpha value is -8.88. The summed E-state index contributed by atoms with van der Waals surface area (Å²) in [7, 11) is 22.3. The van der Waals surface area contributed by atoms with Crippen LogP contribution in [0.15, 0.2) is 194 Å². The number of carbonyl (C=O) groups is 4. The predicted molar refractivity (Wildman–Crippen MR) is 526 cm³/mol. The van der Waals surface area contributed by atoms with Crippen molar-refractivity contribution in [2.45, 2.75) is 149 Å². The van der Waals surface area contributed by atoms with Crippen molar-refractivity contribution in [2.75, 3.05) is 162 Å². The molecule has 0 heterocycles. The summed E-state index contributed by atoms with van der Waals surface area (Å²) in [4.78, 5) is 57.0. The van der Waals surface area contributed by atoms with Crippen LogP contribution in [0.5, 0.6) is 46.0 Å². The summed E-state index contributed by atoms with van der Waals surface area (Å²) >= 11 is 6.16. The highest BCUT2D eigenvalue weighted by Crippen LogP contribution is 2.28. The quantitative estimate of drug-likeness (QED) is 0.0156. The number of carbonyl (C=O) groups excluding carboxylic acids is 4. The lowest BCUT2D eigenvalue weighted by molar-refractivity contribution is -0.152. The Balaban J connectivity index is 0.000000302. The summed E-state index contributed by atoms with van der Waals surface area (Å²) in [5.41, 5.74) is 33.0. The molecule has 0 aromatic heterocycles. The van der Waals surface area contributed by atoms with E-state index in [1.807, 2.05) is 222 Å². The first-order valence-corrected chi connectivity index (χ1v) is 48.6.